The van der Waals surface area contributed by atoms with Crippen molar-refractivity contribution in [2.45, 2.75) is 13.5 Å². The fourth-order valence-corrected chi connectivity index (χ4v) is 1.80. The monoisotopic (exact) mass is 199 g/mol. The minimum Gasteiger partial charge on any atom is -0.477 e. The fraction of sp³-hybridized carbons (Fsp3) is 0.444. The standard InChI is InChI=1S/C9H13NO2S/c1-3-10(2)6-7-4-5-13-8(7)9(11)12/h4-5H,3,6H2,1-2H3,(H,11,12). The second-order valence-electron chi connectivity index (χ2n) is 2.91. The minimum absolute atomic E-state index is 0.459. The Morgan fingerprint density at radius 3 is 2.92 bits per heavy atom. The second-order valence-corrected chi connectivity index (χ2v) is 3.83. The summed E-state index contributed by atoms with van der Waals surface area (Å²) in [4.78, 5) is 13.3. The predicted octanol–water partition coefficient (Wildman–Crippen LogP) is 1.90. The van der Waals surface area contributed by atoms with Crippen molar-refractivity contribution in [1.82, 2.24) is 4.90 Å². The van der Waals surface area contributed by atoms with E-state index in [1.165, 1.54) is 11.3 Å². The summed E-state index contributed by atoms with van der Waals surface area (Å²) in [6, 6.07) is 1.88. The van der Waals surface area contributed by atoms with Crippen LogP contribution in [0.4, 0.5) is 0 Å². The van der Waals surface area contributed by atoms with Gasteiger partial charge in [-0.3, -0.25) is 0 Å². The van der Waals surface area contributed by atoms with E-state index in [0.29, 0.717) is 11.4 Å². The molecule has 0 fully saturated rings. The van der Waals surface area contributed by atoms with E-state index in [1.54, 1.807) is 0 Å². The van der Waals surface area contributed by atoms with Crippen LogP contribution in [0.5, 0.6) is 0 Å². The number of rotatable bonds is 4. The van der Waals surface area contributed by atoms with Crippen molar-refractivity contribution >= 4 is 17.3 Å². The van der Waals surface area contributed by atoms with E-state index < -0.39 is 5.97 Å². The van der Waals surface area contributed by atoms with Crippen molar-refractivity contribution in [1.29, 1.82) is 0 Å². The molecule has 0 spiro atoms. The molecule has 3 nitrogen and oxygen atoms in total. The maximum atomic E-state index is 10.7. The van der Waals surface area contributed by atoms with Gasteiger partial charge in [0.25, 0.3) is 0 Å². The van der Waals surface area contributed by atoms with Crippen LogP contribution >= 0.6 is 11.3 Å². The molecule has 0 atom stereocenters. The fourth-order valence-electron chi connectivity index (χ4n) is 1.05. The summed E-state index contributed by atoms with van der Waals surface area (Å²) < 4.78 is 0. The van der Waals surface area contributed by atoms with Crippen molar-refractivity contribution in [2.75, 3.05) is 13.6 Å². The Balaban J connectivity index is 2.76. The minimum atomic E-state index is -0.825. The van der Waals surface area contributed by atoms with E-state index in [2.05, 4.69) is 4.90 Å². The molecule has 0 saturated carbocycles. The Hall–Kier alpha value is -0.870. The smallest absolute Gasteiger partial charge is 0.346 e. The molecule has 1 aromatic heterocycles. The average molecular weight is 199 g/mol. The van der Waals surface area contributed by atoms with Crippen LogP contribution in [-0.4, -0.2) is 29.6 Å². The van der Waals surface area contributed by atoms with Gasteiger partial charge in [-0.25, -0.2) is 4.79 Å². The highest BCUT2D eigenvalue weighted by Crippen LogP contribution is 2.17. The van der Waals surface area contributed by atoms with Gasteiger partial charge in [-0.15, -0.1) is 11.3 Å². The van der Waals surface area contributed by atoms with Crippen molar-refractivity contribution in [3.8, 4) is 0 Å². The lowest BCUT2D eigenvalue weighted by Gasteiger charge is -2.12. The van der Waals surface area contributed by atoms with Crippen LogP contribution in [-0.2, 0) is 6.54 Å². The third-order valence-corrected chi connectivity index (χ3v) is 2.87. The van der Waals surface area contributed by atoms with Crippen molar-refractivity contribution in [2.24, 2.45) is 0 Å². The Labute approximate surface area is 81.6 Å². The van der Waals surface area contributed by atoms with E-state index >= 15 is 0 Å². The van der Waals surface area contributed by atoms with E-state index in [4.69, 9.17) is 5.11 Å². The molecule has 0 saturated heterocycles. The first kappa shape index (κ1) is 10.2. The normalized spacial score (nSPS) is 10.7. The third-order valence-electron chi connectivity index (χ3n) is 1.92. The molecule has 4 heteroatoms. The van der Waals surface area contributed by atoms with Gasteiger partial charge in [-0.1, -0.05) is 6.92 Å². The highest BCUT2D eigenvalue weighted by atomic mass is 32.1. The van der Waals surface area contributed by atoms with E-state index in [9.17, 15) is 4.79 Å². The average Bonchev–Trinajstić information content (AvgIpc) is 2.52. The summed E-state index contributed by atoms with van der Waals surface area (Å²) >= 11 is 1.28. The Morgan fingerprint density at radius 2 is 2.38 bits per heavy atom. The summed E-state index contributed by atoms with van der Waals surface area (Å²) in [5.74, 6) is -0.825. The quantitative estimate of drug-likeness (QED) is 0.805. The molecule has 0 unspecified atom stereocenters. The number of carbonyl (C=O) groups is 1. The summed E-state index contributed by atoms with van der Waals surface area (Å²) in [5.41, 5.74) is 0.904. The van der Waals surface area contributed by atoms with E-state index in [1.807, 2.05) is 25.4 Å². The van der Waals surface area contributed by atoms with Gasteiger partial charge in [0.05, 0.1) is 0 Å². The van der Waals surface area contributed by atoms with Gasteiger partial charge in [-0.05, 0) is 30.6 Å². The molecule has 13 heavy (non-hydrogen) atoms. The lowest BCUT2D eigenvalue weighted by atomic mass is 10.2. The van der Waals surface area contributed by atoms with Crippen LogP contribution in [0.25, 0.3) is 0 Å². The van der Waals surface area contributed by atoms with Gasteiger partial charge in [0.2, 0.25) is 0 Å². The summed E-state index contributed by atoms with van der Waals surface area (Å²) in [7, 11) is 1.98. The molecule has 0 aromatic carbocycles. The molecular weight excluding hydrogens is 186 g/mol. The van der Waals surface area contributed by atoms with Crippen LogP contribution in [0.1, 0.15) is 22.2 Å². The van der Waals surface area contributed by atoms with Crippen molar-refractivity contribution in [3.05, 3.63) is 21.9 Å². The van der Waals surface area contributed by atoms with Crippen LogP contribution in [0, 0.1) is 0 Å². The second kappa shape index (κ2) is 4.39. The Bertz CT molecular complexity index is 296. The Kier molecular flexibility index (Phi) is 3.45. The zero-order chi connectivity index (χ0) is 9.84. The van der Waals surface area contributed by atoms with Crippen LogP contribution in [0.2, 0.25) is 0 Å². The van der Waals surface area contributed by atoms with Crippen LogP contribution < -0.4 is 0 Å². The van der Waals surface area contributed by atoms with Gasteiger partial charge >= 0.3 is 5.97 Å². The first-order chi connectivity index (χ1) is 6.15. The highest BCUT2D eigenvalue weighted by molar-refractivity contribution is 7.12. The van der Waals surface area contributed by atoms with Crippen LogP contribution in [0.3, 0.4) is 0 Å². The van der Waals surface area contributed by atoms with Crippen molar-refractivity contribution < 1.29 is 9.90 Å². The number of hydrogen-bond donors (Lipinski definition) is 1. The van der Waals surface area contributed by atoms with Gasteiger partial charge in [0, 0.05) is 6.54 Å². The van der Waals surface area contributed by atoms with Gasteiger partial charge in [0.15, 0.2) is 0 Å². The molecule has 0 aliphatic rings. The summed E-state index contributed by atoms with van der Waals surface area (Å²) in [6.07, 6.45) is 0. The predicted molar refractivity (Wildman–Crippen MR) is 53.3 cm³/mol. The first-order valence-electron chi connectivity index (χ1n) is 4.13. The lowest BCUT2D eigenvalue weighted by Crippen LogP contribution is -2.17. The molecule has 0 aliphatic carbocycles. The maximum Gasteiger partial charge on any atom is 0.346 e. The lowest BCUT2D eigenvalue weighted by molar-refractivity contribution is 0.0700. The molecule has 72 valence electrons. The maximum absolute atomic E-state index is 10.7. The number of nitrogens with zero attached hydrogens (tertiary/aromatic N) is 1. The number of thiophene rings is 1. The zero-order valence-corrected chi connectivity index (χ0v) is 8.60. The van der Waals surface area contributed by atoms with Gasteiger partial charge in [0.1, 0.15) is 4.88 Å². The molecular formula is C9H13NO2S. The summed E-state index contributed by atoms with van der Waals surface area (Å²) in [6.45, 7) is 3.68. The molecule has 1 N–H and O–H groups in total. The zero-order valence-electron chi connectivity index (χ0n) is 7.78. The van der Waals surface area contributed by atoms with Crippen LogP contribution in [0.15, 0.2) is 11.4 Å². The molecule has 0 radical (unpaired) electrons. The number of aromatic carboxylic acids is 1. The van der Waals surface area contributed by atoms with Gasteiger partial charge < -0.3 is 10.0 Å². The molecule has 1 rings (SSSR count). The van der Waals surface area contributed by atoms with Gasteiger partial charge in [-0.2, -0.15) is 0 Å². The van der Waals surface area contributed by atoms with E-state index in [-0.39, 0.29) is 0 Å². The molecule has 1 heterocycles. The molecule has 0 bridgehead atoms. The third kappa shape index (κ3) is 2.54. The first-order valence-corrected chi connectivity index (χ1v) is 5.01. The SMILES string of the molecule is CCN(C)Cc1ccsc1C(=O)O. The topological polar surface area (TPSA) is 40.5 Å². The largest absolute Gasteiger partial charge is 0.477 e. The van der Waals surface area contributed by atoms with Crippen molar-refractivity contribution in [3.63, 3.8) is 0 Å². The Morgan fingerprint density at radius 1 is 1.69 bits per heavy atom. The highest BCUT2D eigenvalue weighted by Gasteiger charge is 2.11. The van der Waals surface area contributed by atoms with E-state index in [0.717, 1.165) is 12.1 Å². The molecule has 1 aromatic rings. The number of hydrogen-bond acceptors (Lipinski definition) is 3. The summed E-state index contributed by atoms with van der Waals surface area (Å²) in [5, 5.41) is 10.7. The molecule has 0 amide bonds. The number of carboxylic acid groups (broad SMARTS) is 1. The number of carboxylic acids is 1. The molecule has 0 aliphatic heterocycles.